The van der Waals surface area contributed by atoms with Crippen molar-refractivity contribution in [1.29, 1.82) is 0 Å². The van der Waals surface area contributed by atoms with Crippen LogP contribution in [0.5, 0.6) is 0 Å². The second kappa shape index (κ2) is 9.70. The van der Waals surface area contributed by atoms with Crippen LogP contribution < -0.4 is 10.3 Å². The Balaban J connectivity index is 1.16. The van der Waals surface area contributed by atoms with Gasteiger partial charge in [-0.05, 0) is 43.0 Å². The summed E-state index contributed by atoms with van der Waals surface area (Å²) < 4.78 is 1.65. The molecule has 172 valence electrons. The Morgan fingerprint density at radius 3 is 2.64 bits per heavy atom. The van der Waals surface area contributed by atoms with Gasteiger partial charge >= 0.3 is 0 Å². The number of anilines is 1. The van der Waals surface area contributed by atoms with E-state index in [0.717, 1.165) is 64.5 Å². The van der Waals surface area contributed by atoms with Gasteiger partial charge in [0.2, 0.25) is 11.3 Å². The highest BCUT2D eigenvalue weighted by atomic mass is 16.2. The van der Waals surface area contributed by atoms with Crippen LogP contribution in [0, 0.1) is 5.92 Å². The molecule has 1 atom stereocenters. The Bertz CT molecular complexity index is 1160. The second-order valence-electron chi connectivity index (χ2n) is 9.01. The lowest BCUT2D eigenvalue weighted by atomic mass is 9.97. The maximum Gasteiger partial charge on any atom is 0.244 e. The number of nitrogens with zero attached hydrogens (tertiary/aromatic N) is 6. The van der Waals surface area contributed by atoms with Gasteiger partial charge in [-0.2, -0.15) is 5.10 Å². The topological polar surface area (TPSA) is 74.6 Å². The number of hydrogen-bond donors (Lipinski definition) is 0. The largest absolute Gasteiger partial charge is 0.354 e. The normalized spacial score (nSPS) is 19.7. The summed E-state index contributed by atoms with van der Waals surface area (Å²) in [6.45, 7) is 6.78. The Hall–Kier alpha value is -3.26. The van der Waals surface area contributed by atoms with E-state index < -0.39 is 0 Å². The van der Waals surface area contributed by atoms with E-state index >= 15 is 0 Å². The van der Waals surface area contributed by atoms with Gasteiger partial charge < -0.3 is 9.80 Å². The van der Waals surface area contributed by atoms with Crippen LogP contribution in [0.2, 0.25) is 0 Å². The third kappa shape index (κ3) is 4.90. The molecule has 0 radical (unpaired) electrons. The average molecular weight is 447 g/mol. The van der Waals surface area contributed by atoms with Crippen molar-refractivity contribution in [2.45, 2.75) is 19.4 Å². The van der Waals surface area contributed by atoms with Gasteiger partial charge in [0.15, 0.2) is 0 Å². The third-order valence-electron chi connectivity index (χ3n) is 6.78. The minimum absolute atomic E-state index is 0.0703. The number of aromatic nitrogens is 3. The van der Waals surface area contributed by atoms with Crippen LogP contribution in [0.25, 0.3) is 10.9 Å². The number of para-hydroxylation sites is 1. The molecule has 0 N–H and O–H groups in total. The summed E-state index contributed by atoms with van der Waals surface area (Å²) in [5.41, 5.74) is 0.591. The average Bonchev–Trinajstić information content (AvgIpc) is 2.87. The molecule has 1 amide bonds. The van der Waals surface area contributed by atoms with E-state index in [4.69, 9.17) is 0 Å². The van der Waals surface area contributed by atoms with Gasteiger partial charge in [-0.25, -0.2) is 4.98 Å². The third-order valence-corrected chi connectivity index (χ3v) is 6.78. The molecular weight excluding hydrogens is 416 g/mol. The molecule has 2 saturated heterocycles. The van der Waals surface area contributed by atoms with E-state index in [0.29, 0.717) is 16.8 Å². The van der Waals surface area contributed by atoms with Crippen molar-refractivity contribution in [2.24, 2.45) is 5.92 Å². The molecule has 2 aromatic heterocycles. The van der Waals surface area contributed by atoms with Crippen LogP contribution in [0.3, 0.4) is 0 Å². The number of piperazine rings is 1. The van der Waals surface area contributed by atoms with Gasteiger partial charge in [0, 0.05) is 57.4 Å². The van der Waals surface area contributed by atoms with Crippen LogP contribution in [0.4, 0.5) is 5.82 Å². The minimum Gasteiger partial charge on any atom is -0.354 e. The summed E-state index contributed by atoms with van der Waals surface area (Å²) in [6.07, 6.45) is 5.34. The highest BCUT2D eigenvalue weighted by Gasteiger charge is 2.27. The van der Waals surface area contributed by atoms with E-state index in [1.165, 1.54) is 6.20 Å². The SMILES string of the molecule is O=C(Cn1ncc(=O)c2ccccc21)N1CCCC(CN2CCN(c3ccccn3)CC2)C1. The van der Waals surface area contributed by atoms with Crippen LogP contribution in [-0.2, 0) is 11.3 Å². The predicted molar refractivity (Wildman–Crippen MR) is 128 cm³/mol. The molecule has 0 spiro atoms. The van der Waals surface area contributed by atoms with E-state index in [1.54, 1.807) is 10.7 Å². The van der Waals surface area contributed by atoms with Crippen molar-refractivity contribution < 1.29 is 4.79 Å². The van der Waals surface area contributed by atoms with Gasteiger partial charge in [0.25, 0.3) is 0 Å². The lowest BCUT2D eigenvalue weighted by molar-refractivity contribution is -0.134. The summed E-state index contributed by atoms with van der Waals surface area (Å²) in [4.78, 5) is 36.5. The molecular formula is C25H30N6O2. The predicted octanol–water partition coefficient (Wildman–Crippen LogP) is 1.85. The lowest BCUT2D eigenvalue weighted by Gasteiger charge is -2.39. The number of pyridine rings is 1. The summed E-state index contributed by atoms with van der Waals surface area (Å²) >= 11 is 0. The zero-order valence-corrected chi connectivity index (χ0v) is 18.8. The number of piperidine rings is 1. The zero-order chi connectivity index (χ0) is 22.6. The fourth-order valence-corrected chi connectivity index (χ4v) is 5.02. The molecule has 3 aromatic rings. The van der Waals surface area contributed by atoms with Crippen molar-refractivity contribution in [3.05, 3.63) is 65.1 Å². The molecule has 1 aromatic carbocycles. The summed E-state index contributed by atoms with van der Waals surface area (Å²) in [6, 6.07) is 13.4. The standard InChI is InChI=1S/C25H30N6O2/c32-23-16-27-31(22-8-2-1-7-21(22)23)19-25(33)30-11-5-6-20(18-30)17-28-12-14-29(15-13-28)24-9-3-4-10-26-24/h1-4,7-10,16,20H,5-6,11-15,17-19H2. The number of fused-ring (bicyclic) bond motifs is 1. The number of likely N-dealkylation sites (tertiary alicyclic amines) is 1. The van der Waals surface area contributed by atoms with Crippen LogP contribution >= 0.6 is 0 Å². The van der Waals surface area contributed by atoms with Crippen molar-refractivity contribution in [3.63, 3.8) is 0 Å². The first-order valence-corrected chi connectivity index (χ1v) is 11.8. The maximum atomic E-state index is 13.1. The molecule has 33 heavy (non-hydrogen) atoms. The molecule has 0 saturated carbocycles. The number of rotatable bonds is 5. The van der Waals surface area contributed by atoms with Gasteiger partial charge in [-0.3, -0.25) is 19.2 Å². The highest BCUT2D eigenvalue weighted by Crippen LogP contribution is 2.20. The summed E-state index contributed by atoms with van der Waals surface area (Å²) in [5, 5.41) is 4.82. The summed E-state index contributed by atoms with van der Waals surface area (Å²) in [5.74, 6) is 1.61. The van der Waals surface area contributed by atoms with Gasteiger partial charge in [-0.15, -0.1) is 0 Å². The Morgan fingerprint density at radius 1 is 1.00 bits per heavy atom. The van der Waals surface area contributed by atoms with E-state index in [1.807, 2.05) is 41.4 Å². The number of hydrogen-bond acceptors (Lipinski definition) is 6. The van der Waals surface area contributed by atoms with E-state index in [9.17, 15) is 9.59 Å². The number of benzene rings is 1. The molecule has 2 aliphatic rings. The van der Waals surface area contributed by atoms with E-state index in [-0.39, 0.29) is 17.9 Å². The summed E-state index contributed by atoms with van der Waals surface area (Å²) in [7, 11) is 0. The Labute approximate surface area is 193 Å². The van der Waals surface area contributed by atoms with Gasteiger partial charge in [0.1, 0.15) is 12.4 Å². The highest BCUT2D eigenvalue weighted by molar-refractivity contribution is 5.81. The monoisotopic (exact) mass is 446 g/mol. The maximum absolute atomic E-state index is 13.1. The van der Waals surface area contributed by atoms with Crippen molar-refractivity contribution in [3.8, 4) is 0 Å². The Morgan fingerprint density at radius 2 is 1.82 bits per heavy atom. The van der Waals surface area contributed by atoms with Crippen LogP contribution in [-0.4, -0.2) is 76.3 Å². The smallest absolute Gasteiger partial charge is 0.244 e. The van der Waals surface area contributed by atoms with Crippen LogP contribution in [0.1, 0.15) is 12.8 Å². The second-order valence-corrected chi connectivity index (χ2v) is 9.01. The molecule has 8 nitrogen and oxygen atoms in total. The number of carbonyl (C=O) groups excluding carboxylic acids is 1. The van der Waals surface area contributed by atoms with Crippen molar-refractivity contribution >= 4 is 22.6 Å². The van der Waals surface area contributed by atoms with E-state index in [2.05, 4.69) is 25.9 Å². The lowest BCUT2D eigenvalue weighted by Crippen LogP contribution is -2.50. The molecule has 0 aliphatic carbocycles. The first kappa shape index (κ1) is 21.6. The van der Waals surface area contributed by atoms with Gasteiger partial charge in [0.05, 0.1) is 11.7 Å². The molecule has 4 heterocycles. The van der Waals surface area contributed by atoms with Crippen molar-refractivity contribution in [2.75, 3.05) is 50.7 Å². The molecule has 2 fully saturated rings. The van der Waals surface area contributed by atoms with Gasteiger partial charge in [-0.1, -0.05) is 18.2 Å². The first-order chi connectivity index (χ1) is 16.2. The molecule has 0 bridgehead atoms. The fraction of sp³-hybridized carbons (Fsp3) is 0.440. The quantitative estimate of drug-likeness (QED) is 0.596. The first-order valence-electron chi connectivity index (χ1n) is 11.8. The molecule has 8 heteroatoms. The number of carbonyl (C=O) groups is 1. The molecule has 5 rings (SSSR count). The minimum atomic E-state index is -0.115. The zero-order valence-electron chi connectivity index (χ0n) is 18.8. The van der Waals surface area contributed by atoms with Crippen molar-refractivity contribution in [1.82, 2.24) is 24.6 Å². The van der Waals surface area contributed by atoms with Crippen LogP contribution in [0.15, 0.2) is 59.7 Å². The molecule has 1 unspecified atom stereocenters. The fourth-order valence-electron chi connectivity index (χ4n) is 5.02. The Kier molecular flexibility index (Phi) is 6.35. The number of amides is 1. The molecule has 2 aliphatic heterocycles.